The zero-order valence-electron chi connectivity index (χ0n) is 13.9. The third-order valence-electron chi connectivity index (χ3n) is 2.92. The second-order valence-corrected chi connectivity index (χ2v) is 5.35. The number of aryl methyl sites for hydroxylation is 1. The van der Waals surface area contributed by atoms with Crippen LogP contribution in [0.5, 0.6) is 0 Å². The van der Waals surface area contributed by atoms with E-state index >= 15 is 0 Å². The van der Waals surface area contributed by atoms with Gasteiger partial charge in [-0.3, -0.25) is 4.79 Å². The zero-order chi connectivity index (χ0) is 18.3. The van der Waals surface area contributed by atoms with Crippen molar-refractivity contribution in [2.24, 2.45) is 0 Å². The first-order valence-electron chi connectivity index (χ1n) is 7.43. The monoisotopic (exact) mass is 338 g/mol. The average Bonchev–Trinajstić information content (AvgIpc) is 2.44. The highest BCUT2D eigenvalue weighted by Gasteiger charge is 2.32. The van der Waals surface area contributed by atoms with Gasteiger partial charge in [0.1, 0.15) is 5.70 Å². The molecular weight excluding hydrogens is 317 g/mol. The lowest BCUT2D eigenvalue weighted by molar-refractivity contribution is -0.116. The molecule has 0 saturated carbocycles. The molecule has 2 N–H and O–H groups in total. The third kappa shape index (κ3) is 6.32. The van der Waals surface area contributed by atoms with Gasteiger partial charge in [0, 0.05) is 11.4 Å². The lowest BCUT2D eigenvalue weighted by Gasteiger charge is -2.14. The van der Waals surface area contributed by atoms with Gasteiger partial charge in [0.05, 0.1) is 5.57 Å². The van der Waals surface area contributed by atoms with Crippen LogP contribution in [0.3, 0.4) is 0 Å². The third-order valence-corrected chi connectivity index (χ3v) is 2.92. The molecule has 0 fully saturated rings. The van der Waals surface area contributed by atoms with Crippen molar-refractivity contribution in [3.05, 3.63) is 65.5 Å². The molecule has 0 atom stereocenters. The predicted molar refractivity (Wildman–Crippen MR) is 90.3 cm³/mol. The minimum atomic E-state index is -4.54. The molecule has 1 aromatic rings. The fourth-order valence-corrected chi connectivity index (χ4v) is 1.93. The molecule has 0 aliphatic rings. The highest BCUT2D eigenvalue weighted by atomic mass is 19.4. The van der Waals surface area contributed by atoms with Crippen LogP contribution in [0.25, 0.3) is 0 Å². The van der Waals surface area contributed by atoms with E-state index in [-0.39, 0.29) is 12.1 Å². The van der Waals surface area contributed by atoms with Crippen molar-refractivity contribution >= 4 is 11.6 Å². The van der Waals surface area contributed by atoms with E-state index in [1.807, 2.05) is 13.0 Å². The van der Waals surface area contributed by atoms with Crippen LogP contribution in [-0.2, 0) is 4.79 Å². The van der Waals surface area contributed by atoms with Gasteiger partial charge in [-0.1, -0.05) is 31.7 Å². The SMILES string of the molecule is C=C(C)NC(=O)/C(=C/C(=C/CC)C(F)(F)F)Nc1cccc(C)c1. The van der Waals surface area contributed by atoms with Gasteiger partial charge in [-0.05, 0) is 44.0 Å². The quantitative estimate of drug-likeness (QED) is 0.576. The molecule has 0 heterocycles. The van der Waals surface area contributed by atoms with E-state index in [9.17, 15) is 18.0 Å². The Labute approximate surface area is 139 Å². The number of halogens is 3. The number of nitrogens with one attached hydrogen (secondary N) is 2. The molecular formula is C18H21F3N2O. The van der Waals surface area contributed by atoms with Crippen molar-refractivity contribution < 1.29 is 18.0 Å². The van der Waals surface area contributed by atoms with Gasteiger partial charge >= 0.3 is 6.18 Å². The fourth-order valence-electron chi connectivity index (χ4n) is 1.93. The Morgan fingerprint density at radius 1 is 1.33 bits per heavy atom. The summed E-state index contributed by atoms with van der Waals surface area (Å²) in [5.74, 6) is -0.685. The maximum atomic E-state index is 13.1. The Bertz CT molecular complexity index is 673. The summed E-state index contributed by atoms with van der Waals surface area (Å²) in [5, 5.41) is 5.17. The van der Waals surface area contributed by atoms with Crippen molar-refractivity contribution in [3.63, 3.8) is 0 Å². The van der Waals surface area contributed by atoms with Gasteiger partial charge < -0.3 is 10.6 Å². The lowest BCUT2D eigenvalue weighted by atomic mass is 10.1. The Balaban J connectivity index is 3.26. The molecule has 0 aliphatic heterocycles. The maximum absolute atomic E-state index is 13.1. The van der Waals surface area contributed by atoms with Crippen LogP contribution in [0.15, 0.2) is 60.0 Å². The second kappa shape index (κ2) is 8.38. The van der Waals surface area contributed by atoms with E-state index in [0.29, 0.717) is 11.4 Å². The molecule has 3 nitrogen and oxygen atoms in total. The maximum Gasteiger partial charge on any atom is 0.416 e. The molecule has 130 valence electrons. The molecule has 24 heavy (non-hydrogen) atoms. The van der Waals surface area contributed by atoms with Gasteiger partial charge in [-0.25, -0.2) is 0 Å². The Kier molecular flexibility index (Phi) is 6.82. The highest BCUT2D eigenvalue weighted by Crippen LogP contribution is 2.28. The average molecular weight is 338 g/mol. The smallest absolute Gasteiger partial charge is 0.351 e. The summed E-state index contributed by atoms with van der Waals surface area (Å²) in [5.41, 5.74) is 0.693. The molecule has 0 spiro atoms. The first kappa shape index (κ1) is 19.5. The van der Waals surface area contributed by atoms with Crippen LogP contribution in [0, 0.1) is 6.92 Å². The first-order chi connectivity index (χ1) is 11.1. The number of allylic oxidation sites excluding steroid dienone is 4. The normalized spacial score (nSPS) is 12.8. The Morgan fingerprint density at radius 3 is 2.50 bits per heavy atom. The summed E-state index contributed by atoms with van der Waals surface area (Å²) in [6.07, 6.45) is -2.50. The summed E-state index contributed by atoms with van der Waals surface area (Å²) < 4.78 is 39.3. The first-order valence-corrected chi connectivity index (χ1v) is 7.43. The summed E-state index contributed by atoms with van der Waals surface area (Å²) in [7, 11) is 0. The molecule has 0 unspecified atom stereocenters. The number of anilines is 1. The summed E-state index contributed by atoms with van der Waals surface area (Å²) in [6.45, 7) is 8.54. The molecule has 1 aromatic carbocycles. The number of rotatable bonds is 6. The van der Waals surface area contributed by atoms with Crippen molar-refractivity contribution in [2.45, 2.75) is 33.4 Å². The summed E-state index contributed by atoms with van der Waals surface area (Å²) in [4.78, 5) is 12.2. The second-order valence-electron chi connectivity index (χ2n) is 5.35. The topological polar surface area (TPSA) is 41.1 Å². The van der Waals surface area contributed by atoms with Crippen LogP contribution < -0.4 is 10.6 Å². The number of amides is 1. The van der Waals surface area contributed by atoms with Gasteiger partial charge in [0.2, 0.25) is 0 Å². The van der Waals surface area contributed by atoms with E-state index in [0.717, 1.165) is 17.7 Å². The molecule has 0 radical (unpaired) electrons. The van der Waals surface area contributed by atoms with Crippen molar-refractivity contribution in [3.8, 4) is 0 Å². The van der Waals surface area contributed by atoms with Crippen LogP contribution in [0.4, 0.5) is 18.9 Å². The number of carbonyl (C=O) groups is 1. The van der Waals surface area contributed by atoms with Gasteiger partial charge in [-0.15, -0.1) is 0 Å². The number of benzene rings is 1. The Morgan fingerprint density at radius 2 is 2.00 bits per heavy atom. The number of hydrogen-bond acceptors (Lipinski definition) is 2. The number of alkyl halides is 3. The summed E-state index contributed by atoms with van der Waals surface area (Å²) >= 11 is 0. The van der Waals surface area contributed by atoms with Crippen LogP contribution in [-0.4, -0.2) is 12.1 Å². The van der Waals surface area contributed by atoms with E-state index < -0.39 is 17.7 Å². The molecule has 0 bridgehead atoms. The highest BCUT2D eigenvalue weighted by molar-refractivity contribution is 5.97. The van der Waals surface area contributed by atoms with Gasteiger partial charge in [-0.2, -0.15) is 13.2 Å². The molecule has 0 saturated heterocycles. The molecule has 0 aliphatic carbocycles. The van der Waals surface area contributed by atoms with Gasteiger partial charge in [0.15, 0.2) is 0 Å². The fraction of sp³-hybridized carbons (Fsp3) is 0.278. The van der Waals surface area contributed by atoms with E-state index in [1.165, 1.54) is 0 Å². The van der Waals surface area contributed by atoms with Crippen molar-refractivity contribution in [1.29, 1.82) is 0 Å². The van der Waals surface area contributed by atoms with Gasteiger partial charge in [0.25, 0.3) is 5.91 Å². The number of hydrogen-bond donors (Lipinski definition) is 2. The molecule has 1 rings (SSSR count). The minimum Gasteiger partial charge on any atom is -0.351 e. The van der Waals surface area contributed by atoms with Crippen molar-refractivity contribution in [1.82, 2.24) is 5.32 Å². The van der Waals surface area contributed by atoms with Crippen LogP contribution >= 0.6 is 0 Å². The van der Waals surface area contributed by atoms with E-state index in [1.54, 1.807) is 32.0 Å². The predicted octanol–water partition coefficient (Wildman–Crippen LogP) is 4.84. The largest absolute Gasteiger partial charge is 0.416 e. The van der Waals surface area contributed by atoms with E-state index in [2.05, 4.69) is 17.2 Å². The van der Waals surface area contributed by atoms with Crippen LogP contribution in [0.2, 0.25) is 0 Å². The summed E-state index contributed by atoms with van der Waals surface area (Å²) in [6, 6.07) is 7.00. The minimum absolute atomic E-state index is 0.200. The number of carbonyl (C=O) groups excluding carboxylic acids is 1. The molecule has 1 amide bonds. The lowest BCUT2D eigenvalue weighted by Crippen LogP contribution is -2.27. The Hall–Kier alpha value is -2.50. The van der Waals surface area contributed by atoms with Crippen molar-refractivity contribution in [2.75, 3.05) is 5.32 Å². The molecule has 6 heteroatoms. The molecule has 0 aromatic heterocycles. The van der Waals surface area contributed by atoms with Crippen LogP contribution in [0.1, 0.15) is 25.8 Å². The standard InChI is InChI=1S/C18H21F3N2O/c1-5-7-14(18(19,20)21)11-16(17(24)22-12(2)3)23-15-9-6-8-13(4)10-15/h6-11,23H,2,5H2,1,3-4H3,(H,22,24)/b14-7-,16-11-. The van der Waals surface area contributed by atoms with E-state index in [4.69, 9.17) is 0 Å². The zero-order valence-corrected chi connectivity index (χ0v) is 13.9.